The molecule has 0 aliphatic carbocycles. The molecule has 0 aliphatic heterocycles. The Morgan fingerprint density at radius 2 is 1.90 bits per heavy atom. The lowest BCUT2D eigenvalue weighted by atomic mass is 10.1. The first-order valence-electron chi connectivity index (χ1n) is 7.33. The zero-order chi connectivity index (χ0) is 14.8. The molecule has 3 heteroatoms. The third-order valence-corrected chi connectivity index (χ3v) is 3.83. The first-order valence-corrected chi connectivity index (χ1v) is 7.33. The van der Waals surface area contributed by atoms with Crippen molar-refractivity contribution in [2.75, 3.05) is 0 Å². The Morgan fingerprint density at radius 3 is 2.71 bits per heavy atom. The number of aromatic nitrogens is 2. The van der Waals surface area contributed by atoms with E-state index >= 15 is 0 Å². The maximum absolute atomic E-state index is 5.83. The van der Waals surface area contributed by atoms with Crippen LogP contribution in [0.2, 0.25) is 0 Å². The average Bonchev–Trinajstić information content (AvgIpc) is 2.87. The molecule has 1 aromatic heterocycles. The minimum absolute atomic E-state index is 0.458. The first-order chi connectivity index (χ1) is 10.2. The Morgan fingerprint density at radius 1 is 1.10 bits per heavy atom. The smallest absolute Gasteiger partial charge is 0.146 e. The van der Waals surface area contributed by atoms with Gasteiger partial charge < -0.3 is 9.72 Å². The van der Waals surface area contributed by atoms with Crippen LogP contribution in [0.15, 0.2) is 36.4 Å². The van der Waals surface area contributed by atoms with Crippen LogP contribution < -0.4 is 4.74 Å². The van der Waals surface area contributed by atoms with E-state index in [2.05, 4.69) is 55.0 Å². The molecule has 3 rings (SSSR count). The number of nitrogens with zero attached hydrogens (tertiary/aromatic N) is 1. The molecule has 3 nitrogen and oxygen atoms in total. The quantitative estimate of drug-likeness (QED) is 0.772. The highest BCUT2D eigenvalue weighted by atomic mass is 16.5. The third-order valence-electron chi connectivity index (χ3n) is 3.83. The van der Waals surface area contributed by atoms with Gasteiger partial charge in [0, 0.05) is 0 Å². The van der Waals surface area contributed by atoms with Gasteiger partial charge in [-0.05, 0) is 61.2 Å². The average molecular weight is 280 g/mol. The van der Waals surface area contributed by atoms with Gasteiger partial charge in [0.1, 0.15) is 18.2 Å². The molecule has 0 aliphatic rings. The highest BCUT2D eigenvalue weighted by Gasteiger charge is 2.05. The normalized spacial score (nSPS) is 11.0. The number of nitrogens with one attached hydrogen (secondary N) is 1. The zero-order valence-corrected chi connectivity index (χ0v) is 12.7. The predicted octanol–water partition coefficient (Wildman–Crippen LogP) is 4.32. The molecule has 2 aromatic carbocycles. The Kier molecular flexibility index (Phi) is 3.65. The number of imidazole rings is 1. The number of hydrogen-bond donors (Lipinski definition) is 1. The Hall–Kier alpha value is -2.29. The first kappa shape index (κ1) is 13.7. The fourth-order valence-electron chi connectivity index (χ4n) is 2.40. The number of benzene rings is 2. The van der Waals surface area contributed by atoms with Gasteiger partial charge in [0.2, 0.25) is 0 Å². The van der Waals surface area contributed by atoms with Crippen molar-refractivity contribution in [2.24, 2.45) is 0 Å². The van der Waals surface area contributed by atoms with Crippen LogP contribution in [0, 0.1) is 13.8 Å². The predicted molar refractivity (Wildman–Crippen MR) is 85.7 cm³/mol. The van der Waals surface area contributed by atoms with E-state index in [1.54, 1.807) is 0 Å². The van der Waals surface area contributed by atoms with Crippen LogP contribution in [0.5, 0.6) is 5.75 Å². The van der Waals surface area contributed by atoms with E-state index < -0.39 is 0 Å². The molecule has 0 saturated heterocycles. The minimum Gasteiger partial charge on any atom is -0.486 e. The van der Waals surface area contributed by atoms with Crippen molar-refractivity contribution >= 4 is 11.0 Å². The standard InChI is InChI=1S/C18H20N2O/c1-4-14-6-5-7-15(10-14)21-11-18-19-16-8-12(2)13(3)9-17(16)20-18/h5-10H,4,11H2,1-3H3,(H,19,20). The number of H-pyrrole nitrogens is 1. The van der Waals surface area contributed by atoms with E-state index in [9.17, 15) is 0 Å². The Labute approximate surface area is 125 Å². The summed E-state index contributed by atoms with van der Waals surface area (Å²) in [5.41, 5.74) is 5.88. The van der Waals surface area contributed by atoms with Crippen molar-refractivity contribution in [1.29, 1.82) is 0 Å². The van der Waals surface area contributed by atoms with Gasteiger partial charge >= 0.3 is 0 Å². The van der Waals surface area contributed by atoms with Crippen molar-refractivity contribution < 1.29 is 4.74 Å². The van der Waals surface area contributed by atoms with Gasteiger partial charge in [0.25, 0.3) is 0 Å². The summed E-state index contributed by atoms with van der Waals surface area (Å²) in [6.45, 7) is 6.82. The van der Waals surface area contributed by atoms with E-state index in [0.717, 1.165) is 29.0 Å². The lowest BCUT2D eigenvalue weighted by Crippen LogP contribution is -1.97. The van der Waals surface area contributed by atoms with Crippen LogP contribution in [0.1, 0.15) is 29.4 Å². The molecular weight excluding hydrogens is 260 g/mol. The summed E-state index contributed by atoms with van der Waals surface area (Å²) in [5, 5.41) is 0. The van der Waals surface area contributed by atoms with Crippen molar-refractivity contribution in [3.63, 3.8) is 0 Å². The molecule has 0 saturated carbocycles. The summed E-state index contributed by atoms with van der Waals surface area (Å²) in [5.74, 6) is 1.75. The van der Waals surface area contributed by atoms with Crippen LogP contribution in [-0.4, -0.2) is 9.97 Å². The molecule has 108 valence electrons. The summed E-state index contributed by atoms with van der Waals surface area (Å²) in [6.07, 6.45) is 1.01. The molecule has 0 spiro atoms. The van der Waals surface area contributed by atoms with Gasteiger partial charge in [-0.15, -0.1) is 0 Å². The van der Waals surface area contributed by atoms with Crippen LogP contribution in [0.25, 0.3) is 11.0 Å². The van der Waals surface area contributed by atoms with Crippen LogP contribution in [-0.2, 0) is 13.0 Å². The maximum Gasteiger partial charge on any atom is 0.146 e. The second-order valence-electron chi connectivity index (χ2n) is 5.43. The molecule has 0 amide bonds. The lowest BCUT2D eigenvalue weighted by Gasteiger charge is -2.05. The number of ether oxygens (including phenoxy) is 1. The molecule has 0 fully saturated rings. The highest BCUT2D eigenvalue weighted by Crippen LogP contribution is 2.19. The van der Waals surface area contributed by atoms with Crippen molar-refractivity contribution in [3.05, 3.63) is 58.9 Å². The van der Waals surface area contributed by atoms with Gasteiger partial charge in [-0.3, -0.25) is 0 Å². The monoisotopic (exact) mass is 280 g/mol. The summed E-state index contributed by atoms with van der Waals surface area (Å²) in [7, 11) is 0. The molecule has 1 heterocycles. The lowest BCUT2D eigenvalue weighted by molar-refractivity contribution is 0.297. The minimum atomic E-state index is 0.458. The maximum atomic E-state index is 5.83. The van der Waals surface area contributed by atoms with Crippen molar-refractivity contribution in [2.45, 2.75) is 33.8 Å². The van der Waals surface area contributed by atoms with Gasteiger partial charge in [-0.1, -0.05) is 19.1 Å². The summed E-state index contributed by atoms with van der Waals surface area (Å²) < 4.78 is 5.83. The van der Waals surface area contributed by atoms with Crippen molar-refractivity contribution in [3.8, 4) is 5.75 Å². The summed E-state index contributed by atoms with van der Waals surface area (Å²) in [4.78, 5) is 7.92. The summed E-state index contributed by atoms with van der Waals surface area (Å²) >= 11 is 0. The number of fused-ring (bicyclic) bond motifs is 1. The molecule has 0 bridgehead atoms. The van der Waals surface area contributed by atoms with E-state index in [0.29, 0.717) is 6.61 Å². The van der Waals surface area contributed by atoms with Gasteiger partial charge in [-0.2, -0.15) is 0 Å². The fourth-order valence-corrected chi connectivity index (χ4v) is 2.40. The van der Waals surface area contributed by atoms with E-state index in [1.807, 2.05) is 12.1 Å². The molecule has 0 atom stereocenters. The van der Waals surface area contributed by atoms with Crippen molar-refractivity contribution in [1.82, 2.24) is 9.97 Å². The van der Waals surface area contributed by atoms with E-state index in [-0.39, 0.29) is 0 Å². The number of aromatic amines is 1. The van der Waals surface area contributed by atoms with Crippen LogP contribution >= 0.6 is 0 Å². The van der Waals surface area contributed by atoms with Gasteiger partial charge in [0.05, 0.1) is 11.0 Å². The number of rotatable bonds is 4. The fraction of sp³-hybridized carbons (Fsp3) is 0.278. The van der Waals surface area contributed by atoms with E-state index in [1.165, 1.54) is 16.7 Å². The second-order valence-corrected chi connectivity index (χ2v) is 5.43. The SMILES string of the molecule is CCc1cccc(OCc2nc3cc(C)c(C)cc3[nH]2)c1. The molecule has 1 N–H and O–H groups in total. The molecule has 3 aromatic rings. The Balaban J connectivity index is 1.78. The summed E-state index contributed by atoms with van der Waals surface area (Å²) in [6, 6.07) is 12.5. The van der Waals surface area contributed by atoms with Gasteiger partial charge in [-0.25, -0.2) is 4.98 Å². The molecule has 0 radical (unpaired) electrons. The third kappa shape index (κ3) is 2.92. The zero-order valence-electron chi connectivity index (χ0n) is 12.7. The molecule has 0 unspecified atom stereocenters. The van der Waals surface area contributed by atoms with Crippen LogP contribution in [0.4, 0.5) is 0 Å². The topological polar surface area (TPSA) is 37.9 Å². The Bertz CT molecular complexity index is 735. The number of aryl methyl sites for hydroxylation is 3. The molecular formula is C18H20N2O. The second kappa shape index (κ2) is 5.60. The van der Waals surface area contributed by atoms with Crippen LogP contribution in [0.3, 0.4) is 0 Å². The highest BCUT2D eigenvalue weighted by molar-refractivity contribution is 5.77. The number of hydrogen-bond acceptors (Lipinski definition) is 2. The van der Waals surface area contributed by atoms with Gasteiger partial charge in [0.15, 0.2) is 0 Å². The molecule has 21 heavy (non-hydrogen) atoms. The van der Waals surface area contributed by atoms with E-state index in [4.69, 9.17) is 4.74 Å². The largest absolute Gasteiger partial charge is 0.486 e.